The molecule has 1 N–H and O–H groups in total. The van der Waals surface area contributed by atoms with Gasteiger partial charge in [-0.3, -0.25) is 14.5 Å². The molecule has 4 aliphatic rings. The highest BCUT2D eigenvalue weighted by atomic mass is 35.5. The lowest BCUT2D eigenvalue weighted by Gasteiger charge is -2.39. The summed E-state index contributed by atoms with van der Waals surface area (Å²) in [5.41, 5.74) is 0.676. The molecule has 2 aliphatic heterocycles. The van der Waals surface area contributed by atoms with Crippen molar-refractivity contribution in [1.29, 1.82) is 0 Å². The van der Waals surface area contributed by atoms with Gasteiger partial charge in [0.05, 0.1) is 43.4 Å². The molecule has 2 saturated carbocycles. The molecule has 2 aromatic rings. The van der Waals surface area contributed by atoms with E-state index >= 15 is 0 Å². The van der Waals surface area contributed by atoms with Gasteiger partial charge in [-0.15, -0.1) is 0 Å². The van der Waals surface area contributed by atoms with Crippen LogP contribution in [-0.2, 0) is 39.8 Å². The summed E-state index contributed by atoms with van der Waals surface area (Å²) >= 11 is 11.8. The quantitative estimate of drug-likeness (QED) is 0.264. The normalized spacial score (nSPS) is 27.3. The number of methoxy groups -OCH3 is 2. The Kier molecular flexibility index (Phi) is 11.0. The molecule has 5 atom stereocenters. The maximum absolute atomic E-state index is 14.1. The fourth-order valence-electron chi connectivity index (χ4n) is 8.59. The molecule has 2 heterocycles. The average Bonchev–Trinajstić information content (AvgIpc) is 3.49. The second-order valence-electron chi connectivity index (χ2n) is 14.4. The third-order valence-electron chi connectivity index (χ3n) is 11.4. The van der Waals surface area contributed by atoms with Gasteiger partial charge >= 0.3 is 11.9 Å². The molecular weight excluding hydrogens is 713 g/mol. The Morgan fingerprint density at radius 3 is 1.96 bits per heavy atom. The Morgan fingerprint density at radius 2 is 1.41 bits per heavy atom. The smallest absolute Gasteiger partial charge is 0.336 e. The summed E-state index contributed by atoms with van der Waals surface area (Å²) in [6.45, 7) is 6.87. The molecule has 1 amide bonds. The van der Waals surface area contributed by atoms with E-state index in [1.165, 1.54) is 14.2 Å². The number of fused-ring (bicyclic) bond motifs is 1. The molecule has 0 spiro atoms. The molecule has 1 saturated heterocycles. The van der Waals surface area contributed by atoms with Crippen LogP contribution in [0.3, 0.4) is 0 Å². The van der Waals surface area contributed by atoms with Gasteiger partial charge in [0.2, 0.25) is 5.91 Å². The van der Waals surface area contributed by atoms with Crippen molar-refractivity contribution >= 4 is 58.0 Å². The molecule has 2 aromatic carbocycles. The topological polar surface area (TPSA) is 128 Å². The summed E-state index contributed by atoms with van der Waals surface area (Å²) in [6.07, 6.45) is 2.99. The van der Waals surface area contributed by atoms with E-state index in [-0.39, 0.29) is 67.1 Å². The van der Waals surface area contributed by atoms with E-state index < -0.39 is 29.0 Å². The van der Waals surface area contributed by atoms with Crippen molar-refractivity contribution in [3.05, 3.63) is 86.7 Å². The van der Waals surface area contributed by atoms with Crippen LogP contribution >= 0.6 is 23.2 Å². The molecule has 51 heavy (non-hydrogen) atoms. The first kappa shape index (κ1) is 37.4. The number of Topliss-reactive ketones (excluding diaryl/α,β-unsaturated/α-hetero) is 1. The molecule has 6 rings (SSSR count). The number of esters is 2. The molecule has 0 bridgehead atoms. The van der Waals surface area contributed by atoms with Crippen LogP contribution in [0.15, 0.2) is 76.0 Å². The number of ketones is 1. The Morgan fingerprint density at radius 1 is 0.863 bits per heavy atom. The van der Waals surface area contributed by atoms with Crippen LogP contribution in [0, 0.1) is 10.8 Å². The minimum atomic E-state index is -1.63. The van der Waals surface area contributed by atoms with Gasteiger partial charge in [-0.25, -0.2) is 9.59 Å². The largest absolute Gasteiger partial charge is 0.611 e. The summed E-state index contributed by atoms with van der Waals surface area (Å²) in [7, 11) is 2.43. The lowest BCUT2D eigenvalue weighted by molar-refractivity contribution is -0.137. The molecule has 0 aromatic heterocycles. The summed E-state index contributed by atoms with van der Waals surface area (Å²) in [5, 5.41) is 3.55. The number of dihydropyridines is 1. The number of rotatable bonds is 9. The highest BCUT2D eigenvalue weighted by Crippen LogP contribution is 2.62. The van der Waals surface area contributed by atoms with E-state index in [0.29, 0.717) is 55.7 Å². The van der Waals surface area contributed by atoms with E-state index in [0.717, 1.165) is 12.8 Å². The van der Waals surface area contributed by atoms with Crippen LogP contribution in [-0.4, -0.2) is 90.2 Å². The zero-order valence-electron chi connectivity index (χ0n) is 29.3. The van der Waals surface area contributed by atoms with Crippen molar-refractivity contribution in [2.24, 2.45) is 10.8 Å². The molecule has 10 nitrogen and oxygen atoms in total. The summed E-state index contributed by atoms with van der Waals surface area (Å²) < 4.78 is 24.1. The Hall–Kier alpha value is -3.35. The van der Waals surface area contributed by atoms with Gasteiger partial charge in [-0.2, -0.15) is 0 Å². The number of hydrogen-bond donors (Lipinski definition) is 1. The van der Waals surface area contributed by atoms with Crippen LogP contribution in [0.2, 0.25) is 10.0 Å². The predicted octanol–water partition coefficient (Wildman–Crippen LogP) is 5.41. The van der Waals surface area contributed by atoms with Gasteiger partial charge < -0.3 is 24.2 Å². The molecule has 272 valence electrons. The van der Waals surface area contributed by atoms with Crippen molar-refractivity contribution in [2.75, 3.05) is 46.2 Å². The number of amides is 1. The zero-order valence-corrected chi connectivity index (χ0v) is 31.6. The molecule has 3 fully saturated rings. The first-order valence-electron chi connectivity index (χ1n) is 17.1. The van der Waals surface area contributed by atoms with Crippen molar-refractivity contribution in [3.63, 3.8) is 0 Å². The van der Waals surface area contributed by atoms with E-state index in [9.17, 15) is 23.7 Å². The monoisotopic (exact) mass is 755 g/mol. The second-order valence-corrected chi connectivity index (χ2v) is 16.7. The fourth-order valence-corrected chi connectivity index (χ4v) is 10.3. The van der Waals surface area contributed by atoms with Gasteiger partial charge in [0.25, 0.3) is 0 Å². The summed E-state index contributed by atoms with van der Waals surface area (Å²) in [5.74, 6) is -2.77. The minimum absolute atomic E-state index is 0.00462. The fraction of sp³-hybridized carbons (Fsp3) is 0.474. The summed E-state index contributed by atoms with van der Waals surface area (Å²) in [6, 6.07) is 14.0. The minimum Gasteiger partial charge on any atom is -0.611 e. The number of hydrogen-bond acceptors (Lipinski definition) is 9. The standard InChI is InChI=1S/C38H43Cl2N3O7S/c1-37-18-23(19-38(37,2)21-24(44)20-37)42-13-15-43(16-14-42)30(45)17-28-32(35(46)49-3)34(31-26(39)11-8-12-27(31)40)33(36(47)50-4)29(41-28)22-51(48)25-9-6-5-7-10-25/h5-12,23,34,41H,13-22H2,1-4H3/t23?,34?,37-,38+,51?. The molecular formula is C38H43Cl2N3O7S. The first-order chi connectivity index (χ1) is 24.3. The number of benzene rings is 2. The van der Waals surface area contributed by atoms with Gasteiger partial charge in [-0.05, 0) is 59.1 Å². The van der Waals surface area contributed by atoms with E-state index in [2.05, 4.69) is 24.1 Å². The first-order valence-corrected chi connectivity index (χ1v) is 19.2. The molecule has 0 radical (unpaired) electrons. The van der Waals surface area contributed by atoms with Crippen LogP contribution in [0.4, 0.5) is 0 Å². The number of nitrogens with one attached hydrogen (secondary N) is 1. The van der Waals surface area contributed by atoms with Crippen LogP contribution < -0.4 is 5.32 Å². The van der Waals surface area contributed by atoms with E-state index in [1.54, 1.807) is 47.4 Å². The highest BCUT2D eigenvalue weighted by molar-refractivity contribution is 7.91. The Labute approximate surface area is 311 Å². The van der Waals surface area contributed by atoms with Crippen LogP contribution in [0.5, 0.6) is 0 Å². The van der Waals surface area contributed by atoms with Gasteiger partial charge in [0.15, 0.2) is 10.6 Å². The Bertz CT molecular complexity index is 1750. The number of ether oxygens (including phenoxy) is 2. The second kappa shape index (κ2) is 14.9. The Balaban J connectivity index is 1.31. The maximum atomic E-state index is 14.1. The van der Waals surface area contributed by atoms with Crippen molar-refractivity contribution in [3.8, 4) is 0 Å². The third kappa shape index (κ3) is 7.20. The van der Waals surface area contributed by atoms with Gasteiger partial charge in [-0.1, -0.05) is 61.3 Å². The number of nitrogens with zero attached hydrogens (tertiary/aromatic N) is 2. The SMILES string of the molecule is COC(=O)C1=C(CC(=O)N2CCN(C3C[C@]4(C)CC(=O)C[C@]4(C)C3)CC2)NC(C[S+]([O-])c2ccccc2)=C(C(=O)OC)C1c1c(Cl)cccc1Cl. The van der Waals surface area contributed by atoms with E-state index in [1.807, 2.05) is 6.07 Å². The van der Waals surface area contributed by atoms with Crippen LogP contribution in [0.1, 0.15) is 57.4 Å². The zero-order chi connectivity index (χ0) is 36.7. The van der Waals surface area contributed by atoms with Gasteiger partial charge in [0.1, 0.15) is 5.78 Å². The maximum Gasteiger partial charge on any atom is 0.336 e. The number of carbonyl (C=O) groups excluding carboxylic acids is 4. The van der Waals surface area contributed by atoms with Crippen LogP contribution in [0.25, 0.3) is 0 Å². The summed E-state index contributed by atoms with van der Waals surface area (Å²) in [4.78, 5) is 58.4. The van der Waals surface area contributed by atoms with E-state index in [4.69, 9.17) is 32.7 Å². The molecule has 2 aliphatic carbocycles. The number of carbonyl (C=O) groups is 4. The average molecular weight is 757 g/mol. The van der Waals surface area contributed by atoms with Crippen molar-refractivity contribution in [2.45, 2.75) is 62.8 Å². The third-order valence-corrected chi connectivity index (χ3v) is 13.4. The number of halogens is 2. The molecule has 3 unspecified atom stereocenters. The predicted molar refractivity (Wildman–Crippen MR) is 194 cm³/mol. The molecule has 13 heteroatoms. The number of piperazine rings is 1. The van der Waals surface area contributed by atoms with Crippen molar-refractivity contribution < 1.29 is 33.2 Å². The van der Waals surface area contributed by atoms with Gasteiger partial charge in [0, 0.05) is 66.4 Å². The lowest BCUT2D eigenvalue weighted by Crippen LogP contribution is -2.52. The lowest BCUT2D eigenvalue weighted by atomic mass is 9.71. The highest BCUT2D eigenvalue weighted by Gasteiger charge is 2.59. The van der Waals surface area contributed by atoms with Crippen molar-refractivity contribution in [1.82, 2.24) is 15.1 Å².